The third kappa shape index (κ3) is 3.72. The van der Waals surface area contributed by atoms with Gasteiger partial charge in [0.15, 0.2) is 0 Å². The minimum Gasteiger partial charge on any atom is -0.395 e. The molecule has 0 aliphatic heterocycles. The molecule has 0 saturated heterocycles. The van der Waals surface area contributed by atoms with E-state index in [1.54, 1.807) is 11.0 Å². The first-order valence-corrected chi connectivity index (χ1v) is 5.05. The van der Waals surface area contributed by atoms with Gasteiger partial charge in [0.05, 0.1) is 6.61 Å². The van der Waals surface area contributed by atoms with E-state index in [4.69, 9.17) is 5.11 Å². The number of hydrogen-bond donors (Lipinski definition) is 1. The molecule has 1 rings (SSSR count). The van der Waals surface area contributed by atoms with Crippen LogP contribution in [-0.4, -0.2) is 29.7 Å². The van der Waals surface area contributed by atoms with Crippen molar-refractivity contribution in [3.05, 3.63) is 48.1 Å². The van der Waals surface area contributed by atoms with Gasteiger partial charge < -0.3 is 5.11 Å². The number of aliphatic hydroxyl groups is 1. The van der Waals surface area contributed by atoms with Gasteiger partial charge in [-0.25, -0.2) is 8.78 Å². The van der Waals surface area contributed by atoms with Gasteiger partial charge in [-0.15, -0.1) is 6.58 Å². The molecule has 1 N–H and O–H groups in total. The van der Waals surface area contributed by atoms with Gasteiger partial charge in [-0.3, -0.25) is 4.90 Å². The smallest absolute Gasteiger partial charge is 0.127 e. The van der Waals surface area contributed by atoms with Gasteiger partial charge in [-0.1, -0.05) is 6.08 Å². The van der Waals surface area contributed by atoms with E-state index < -0.39 is 11.6 Å². The number of hydrogen-bond acceptors (Lipinski definition) is 2. The van der Waals surface area contributed by atoms with Crippen LogP contribution in [0, 0.1) is 11.6 Å². The molecule has 0 aliphatic carbocycles. The van der Waals surface area contributed by atoms with Crippen LogP contribution < -0.4 is 0 Å². The van der Waals surface area contributed by atoms with Gasteiger partial charge >= 0.3 is 0 Å². The van der Waals surface area contributed by atoms with Crippen LogP contribution in [0.4, 0.5) is 8.78 Å². The van der Waals surface area contributed by atoms with Gasteiger partial charge in [0.1, 0.15) is 11.6 Å². The number of aliphatic hydroxyl groups excluding tert-OH is 1. The second-order valence-electron chi connectivity index (χ2n) is 3.48. The fourth-order valence-electron chi connectivity index (χ4n) is 1.46. The van der Waals surface area contributed by atoms with Crippen LogP contribution in [0.2, 0.25) is 0 Å². The van der Waals surface area contributed by atoms with Gasteiger partial charge in [0, 0.05) is 25.2 Å². The molecule has 4 heteroatoms. The number of rotatable bonds is 6. The Morgan fingerprint density at radius 1 is 1.38 bits per heavy atom. The summed E-state index contributed by atoms with van der Waals surface area (Å²) in [7, 11) is 0. The topological polar surface area (TPSA) is 23.5 Å². The Morgan fingerprint density at radius 2 is 2.12 bits per heavy atom. The number of halogens is 2. The van der Waals surface area contributed by atoms with E-state index in [0.29, 0.717) is 13.1 Å². The fourth-order valence-corrected chi connectivity index (χ4v) is 1.46. The van der Waals surface area contributed by atoms with E-state index in [1.807, 2.05) is 0 Å². The highest BCUT2D eigenvalue weighted by molar-refractivity contribution is 5.18. The van der Waals surface area contributed by atoms with Crippen LogP contribution in [0.15, 0.2) is 30.9 Å². The van der Waals surface area contributed by atoms with E-state index >= 15 is 0 Å². The minimum absolute atomic E-state index is 0.0230. The van der Waals surface area contributed by atoms with Crippen molar-refractivity contribution >= 4 is 0 Å². The third-order valence-corrected chi connectivity index (χ3v) is 2.21. The van der Waals surface area contributed by atoms with Crippen molar-refractivity contribution in [1.82, 2.24) is 4.90 Å². The van der Waals surface area contributed by atoms with Crippen molar-refractivity contribution < 1.29 is 13.9 Å². The molecule has 0 fully saturated rings. The maximum Gasteiger partial charge on any atom is 0.127 e. The first-order valence-electron chi connectivity index (χ1n) is 5.05. The van der Waals surface area contributed by atoms with E-state index in [-0.39, 0.29) is 18.7 Å². The second kappa shape index (κ2) is 6.35. The normalized spacial score (nSPS) is 10.8. The largest absolute Gasteiger partial charge is 0.395 e. The molecule has 0 aromatic heterocycles. The van der Waals surface area contributed by atoms with Crippen LogP contribution in [0.25, 0.3) is 0 Å². The SMILES string of the molecule is C=CCN(CCO)Cc1cc(F)ccc1F. The summed E-state index contributed by atoms with van der Waals surface area (Å²) in [6.45, 7) is 4.74. The first kappa shape index (κ1) is 12.8. The molecule has 0 spiro atoms. The Labute approximate surface area is 93.8 Å². The highest BCUT2D eigenvalue weighted by atomic mass is 19.1. The lowest BCUT2D eigenvalue weighted by molar-refractivity contribution is 0.202. The van der Waals surface area contributed by atoms with Gasteiger partial charge in [-0.2, -0.15) is 0 Å². The molecule has 1 aromatic carbocycles. The zero-order chi connectivity index (χ0) is 12.0. The molecule has 0 amide bonds. The summed E-state index contributed by atoms with van der Waals surface area (Å²) >= 11 is 0. The van der Waals surface area contributed by atoms with Gasteiger partial charge in [-0.05, 0) is 18.2 Å². The van der Waals surface area contributed by atoms with E-state index in [2.05, 4.69) is 6.58 Å². The van der Waals surface area contributed by atoms with Crippen molar-refractivity contribution in [2.24, 2.45) is 0 Å². The van der Waals surface area contributed by atoms with Crippen molar-refractivity contribution in [2.75, 3.05) is 19.7 Å². The molecule has 0 atom stereocenters. The van der Waals surface area contributed by atoms with Crippen LogP contribution in [0.1, 0.15) is 5.56 Å². The molecule has 16 heavy (non-hydrogen) atoms. The van der Waals surface area contributed by atoms with Crippen LogP contribution >= 0.6 is 0 Å². The molecule has 0 aliphatic rings. The van der Waals surface area contributed by atoms with Crippen molar-refractivity contribution in [3.63, 3.8) is 0 Å². The molecule has 2 nitrogen and oxygen atoms in total. The molecule has 88 valence electrons. The average Bonchev–Trinajstić information content (AvgIpc) is 2.24. The predicted octanol–water partition coefficient (Wildman–Crippen LogP) is 1.95. The third-order valence-electron chi connectivity index (χ3n) is 2.21. The van der Waals surface area contributed by atoms with Crippen molar-refractivity contribution in [1.29, 1.82) is 0 Å². The highest BCUT2D eigenvalue weighted by Gasteiger charge is 2.08. The zero-order valence-corrected chi connectivity index (χ0v) is 9.00. The monoisotopic (exact) mass is 227 g/mol. The van der Waals surface area contributed by atoms with Crippen LogP contribution in [0.3, 0.4) is 0 Å². The second-order valence-corrected chi connectivity index (χ2v) is 3.48. The lowest BCUT2D eigenvalue weighted by atomic mass is 10.2. The van der Waals surface area contributed by atoms with E-state index in [9.17, 15) is 8.78 Å². The van der Waals surface area contributed by atoms with Crippen molar-refractivity contribution in [3.8, 4) is 0 Å². The summed E-state index contributed by atoms with van der Waals surface area (Å²) in [5, 5.41) is 8.82. The Balaban J connectivity index is 2.75. The minimum atomic E-state index is -0.459. The number of benzene rings is 1. The Hall–Kier alpha value is -1.26. The molecule has 0 bridgehead atoms. The zero-order valence-electron chi connectivity index (χ0n) is 9.00. The summed E-state index contributed by atoms with van der Waals surface area (Å²) in [6, 6.07) is 3.36. The molecular weight excluding hydrogens is 212 g/mol. The van der Waals surface area contributed by atoms with Crippen LogP contribution in [0.5, 0.6) is 0 Å². The average molecular weight is 227 g/mol. The van der Waals surface area contributed by atoms with Gasteiger partial charge in [0.2, 0.25) is 0 Å². The fraction of sp³-hybridized carbons (Fsp3) is 0.333. The van der Waals surface area contributed by atoms with E-state index in [0.717, 1.165) is 12.1 Å². The summed E-state index contributed by atoms with van der Waals surface area (Å²) in [4.78, 5) is 1.78. The van der Waals surface area contributed by atoms with Crippen LogP contribution in [-0.2, 0) is 6.54 Å². The first-order chi connectivity index (χ1) is 7.67. The lowest BCUT2D eigenvalue weighted by Gasteiger charge is -2.19. The highest BCUT2D eigenvalue weighted by Crippen LogP contribution is 2.12. The molecular formula is C12H15F2NO. The predicted molar refractivity (Wildman–Crippen MR) is 58.9 cm³/mol. The summed E-state index contributed by atoms with van der Waals surface area (Å²) in [5.41, 5.74) is 0.287. The molecule has 0 radical (unpaired) electrons. The van der Waals surface area contributed by atoms with Gasteiger partial charge in [0.25, 0.3) is 0 Å². The quantitative estimate of drug-likeness (QED) is 0.751. The Morgan fingerprint density at radius 3 is 2.75 bits per heavy atom. The standard InChI is InChI=1S/C12H15F2NO/c1-2-5-15(6-7-16)9-10-8-11(13)3-4-12(10)14/h2-4,8,16H,1,5-7,9H2. The Bertz CT molecular complexity index is 355. The summed E-state index contributed by atoms with van der Waals surface area (Å²) < 4.78 is 26.2. The Kier molecular flexibility index (Phi) is 5.08. The molecule has 0 heterocycles. The molecule has 1 aromatic rings. The summed E-state index contributed by atoms with van der Waals surface area (Å²) in [5.74, 6) is -0.896. The maximum absolute atomic E-state index is 13.3. The van der Waals surface area contributed by atoms with Crippen molar-refractivity contribution in [2.45, 2.75) is 6.54 Å². The molecule has 0 saturated carbocycles. The lowest BCUT2D eigenvalue weighted by Crippen LogP contribution is -2.27. The number of nitrogens with zero attached hydrogens (tertiary/aromatic N) is 1. The summed E-state index contributed by atoms with van der Waals surface area (Å²) in [6.07, 6.45) is 1.66. The molecule has 0 unspecified atom stereocenters. The maximum atomic E-state index is 13.3. The van der Waals surface area contributed by atoms with E-state index in [1.165, 1.54) is 6.07 Å².